The van der Waals surface area contributed by atoms with Crippen LogP contribution in [-0.4, -0.2) is 26.1 Å². The number of aromatic nitrogens is 4. The zero-order valence-corrected chi connectivity index (χ0v) is 12.9. The van der Waals surface area contributed by atoms with Crippen LogP contribution in [0, 0.1) is 0 Å². The fourth-order valence-corrected chi connectivity index (χ4v) is 2.31. The van der Waals surface area contributed by atoms with Gasteiger partial charge < -0.3 is 9.30 Å². The third-order valence-electron chi connectivity index (χ3n) is 3.07. The van der Waals surface area contributed by atoms with Crippen molar-refractivity contribution >= 4 is 11.6 Å². The summed E-state index contributed by atoms with van der Waals surface area (Å²) in [6.07, 6.45) is 7.09. The Labute approximate surface area is 133 Å². The fraction of sp³-hybridized carbons (Fsp3) is 0.188. The van der Waals surface area contributed by atoms with E-state index < -0.39 is 0 Å². The fourth-order valence-electron chi connectivity index (χ4n) is 2.12. The van der Waals surface area contributed by atoms with Crippen molar-refractivity contribution in [3.63, 3.8) is 0 Å². The predicted molar refractivity (Wildman–Crippen MR) is 85.0 cm³/mol. The highest BCUT2D eigenvalue weighted by molar-refractivity contribution is 6.30. The van der Waals surface area contributed by atoms with Gasteiger partial charge in [-0.3, -0.25) is 0 Å². The van der Waals surface area contributed by atoms with Crippen LogP contribution in [0.3, 0.4) is 0 Å². The topological polar surface area (TPSA) is 52.8 Å². The first-order valence-electron chi connectivity index (χ1n) is 6.96. The van der Waals surface area contributed by atoms with Crippen molar-refractivity contribution in [3.8, 4) is 17.1 Å². The molecule has 0 bridgehead atoms. The van der Waals surface area contributed by atoms with E-state index in [-0.39, 0.29) is 0 Å². The molecule has 0 spiro atoms. The summed E-state index contributed by atoms with van der Waals surface area (Å²) < 4.78 is 7.52. The van der Waals surface area contributed by atoms with E-state index in [0.29, 0.717) is 29.7 Å². The van der Waals surface area contributed by atoms with Crippen LogP contribution in [-0.2, 0) is 6.54 Å². The van der Waals surface area contributed by atoms with Crippen LogP contribution in [0.25, 0.3) is 11.3 Å². The van der Waals surface area contributed by atoms with Crippen LogP contribution in [0.15, 0.2) is 49.2 Å². The van der Waals surface area contributed by atoms with E-state index in [1.54, 1.807) is 18.7 Å². The van der Waals surface area contributed by atoms with Crippen LogP contribution in [0.5, 0.6) is 5.88 Å². The molecule has 0 N–H and O–H groups in total. The van der Waals surface area contributed by atoms with E-state index in [1.165, 1.54) is 0 Å². The second-order valence-electron chi connectivity index (χ2n) is 4.69. The molecular weight excluding hydrogens is 300 g/mol. The first kappa shape index (κ1) is 14.5. The quantitative estimate of drug-likeness (QED) is 0.724. The summed E-state index contributed by atoms with van der Waals surface area (Å²) in [5.41, 5.74) is 2.41. The average Bonchev–Trinajstić information content (AvgIpc) is 3.02. The molecular formula is C16H15ClN4O. The minimum atomic E-state index is 0.513. The number of halogens is 1. The molecule has 2 heterocycles. The van der Waals surface area contributed by atoms with Gasteiger partial charge in [-0.15, -0.1) is 0 Å². The highest BCUT2D eigenvalue weighted by Crippen LogP contribution is 2.28. The van der Waals surface area contributed by atoms with Crippen molar-refractivity contribution in [3.05, 3.63) is 59.9 Å². The molecule has 112 valence electrons. The van der Waals surface area contributed by atoms with Gasteiger partial charge >= 0.3 is 0 Å². The van der Waals surface area contributed by atoms with E-state index >= 15 is 0 Å². The monoisotopic (exact) mass is 314 g/mol. The van der Waals surface area contributed by atoms with Gasteiger partial charge in [0.2, 0.25) is 5.88 Å². The molecule has 0 aliphatic carbocycles. The number of ether oxygens (including phenoxy) is 1. The molecule has 0 saturated heterocycles. The molecule has 0 fully saturated rings. The summed E-state index contributed by atoms with van der Waals surface area (Å²) in [6.45, 7) is 3.05. The van der Waals surface area contributed by atoms with Gasteiger partial charge in [0, 0.05) is 23.0 Å². The third-order valence-corrected chi connectivity index (χ3v) is 3.31. The van der Waals surface area contributed by atoms with E-state index in [2.05, 4.69) is 15.0 Å². The molecule has 3 aromatic rings. The van der Waals surface area contributed by atoms with E-state index in [4.69, 9.17) is 16.3 Å². The van der Waals surface area contributed by atoms with Gasteiger partial charge in [0.25, 0.3) is 0 Å². The van der Waals surface area contributed by atoms with E-state index in [9.17, 15) is 0 Å². The van der Waals surface area contributed by atoms with Crippen molar-refractivity contribution in [1.29, 1.82) is 0 Å². The van der Waals surface area contributed by atoms with Gasteiger partial charge in [0.05, 0.1) is 31.4 Å². The van der Waals surface area contributed by atoms with E-state index in [0.717, 1.165) is 11.3 Å². The minimum Gasteiger partial charge on any atom is -0.476 e. The normalized spacial score (nSPS) is 10.6. The first-order valence-corrected chi connectivity index (χ1v) is 7.34. The maximum absolute atomic E-state index is 6.08. The van der Waals surface area contributed by atoms with Crippen molar-refractivity contribution in [1.82, 2.24) is 19.5 Å². The molecule has 0 amide bonds. The molecule has 0 saturated carbocycles. The zero-order valence-electron chi connectivity index (χ0n) is 12.1. The van der Waals surface area contributed by atoms with Crippen LogP contribution < -0.4 is 4.74 Å². The Bertz CT molecular complexity index is 759. The lowest BCUT2D eigenvalue weighted by Gasteiger charge is -2.11. The molecule has 1 aromatic carbocycles. The minimum absolute atomic E-state index is 0.513. The number of nitrogens with zero attached hydrogens (tertiary/aromatic N) is 4. The molecule has 0 aliphatic rings. The maximum Gasteiger partial charge on any atom is 0.240 e. The lowest BCUT2D eigenvalue weighted by atomic mass is 10.1. The Morgan fingerprint density at radius 2 is 2.23 bits per heavy atom. The molecule has 0 atom stereocenters. The average molecular weight is 315 g/mol. The molecule has 6 heteroatoms. The van der Waals surface area contributed by atoms with Gasteiger partial charge in [-0.25, -0.2) is 15.0 Å². The summed E-state index contributed by atoms with van der Waals surface area (Å²) >= 11 is 6.08. The molecule has 0 unspecified atom stereocenters. The zero-order chi connectivity index (χ0) is 15.4. The Morgan fingerprint density at radius 1 is 1.32 bits per heavy atom. The first-order chi connectivity index (χ1) is 10.8. The maximum atomic E-state index is 6.08. The van der Waals surface area contributed by atoms with Crippen molar-refractivity contribution in [2.24, 2.45) is 0 Å². The number of benzene rings is 1. The third kappa shape index (κ3) is 3.26. The van der Waals surface area contributed by atoms with Gasteiger partial charge in [-0.1, -0.05) is 23.7 Å². The number of hydrogen-bond acceptors (Lipinski definition) is 4. The van der Waals surface area contributed by atoms with Gasteiger partial charge in [0.15, 0.2) is 0 Å². The number of imidazole rings is 1. The molecule has 3 rings (SSSR count). The van der Waals surface area contributed by atoms with Crippen LogP contribution >= 0.6 is 11.6 Å². The number of hydrogen-bond donors (Lipinski definition) is 0. The summed E-state index contributed by atoms with van der Waals surface area (Å²) in [7, 11) is 0. The number of rotatable bonds is 5. The van der Waals surface area contributed by atoms with Crippen molar-refractivity contribution < 1.29 is 4.74 Å². The van der Waals surface area contributed by atoms with Crippen LogP contribution in [0.1, 0.15) is 12.6 Å². The molecule has 0 aliphatic heterocycles. The highest BCUT2D eigenvalue weighted by Gasteiger charge is 2.12. The van der Waals surface area contributed by atoms with Crippen LogP contribution in [0.4, 0.5) is 0 Å². The SMILES string of the molecule is CCOc1ncc(Cn2ccnc2)nc1-c1cccc(Cl)c1. The Morgan fingerprint density at radius 3 is 2.95 bits per heavy atom. The summed E-state index contributed by atoms with van der Waals surface area (Å²) in [5.74, 6) is 0.513. The summed E-state index contributed by atoms with van der Waals surface area (Å²) in [5, 5.41) is 0.654. The highest BCUT2D eigenvalue weighted by atomic mass is 35.5. The Kier molecular flexibility index (Phi) is 4.34. The molecule has 5 nitrogen and oxygen atoms in total. The van der Waals surface area contributed by atoms with Gasteiger partial charge in [-0.2, -0.15) is 0 Å². The Balaban J connectivity index is 2.00. The summed E-state index contributed by atoms with van der Waals surface area (Å²) in [6, 6.07) is 7.51. The van der Waals surface area contributed by atoms with Gasteiger partial charge in [0.1, 0.15) is 5.69 Å². The lowest BCUT2D eigenvalue weighted by Crippen LogP contribution is -2.05. The lowest BCUT2D eigenvalue weighted by molar-refractivity contribution is 0.326. The van der Waals surface area contributed by atoms with Crippen LogP contribution in [0.2, 0.25) is 5.02 Å². The Hall–Kier alpha value is -2.40. The van der Waals surface area contributed by atoms with Crippen molar-refractivity contribution in [2.75, 3.05) is 6.61 Å². The molecule has 22 heavy (non-hydrogen) atoms. The smallest absolute Gasteiger partial charge is 0.240 e. The largest absolute Gasteiger partial charge is 0.476 e. The van der Waals surface area contributed by atoms with Gasteiger partial charge in [-0.05, 0) is 19.1 Å². The molecule has 2 aromatic heterocycles. The summed E-state index contributed by atoms with van der Waals surface area (Å²) in [4.78, 5) is 13.1. The molecule has 0 radical (unpaired) electrons. The standard InChI is InChI=1S/C16H15ClN4O/c1-2-22-16-15(12-4-3-5-13(17)8-12)20-14(9-19-16)10-21-7-6-18-11-21/h3-9,11H,2,10H2,1H3. The van der Waals surface area contributed by atoms with E-state index in [1.807, 2.05) is 42.0 Å². The predicted octanol–water partition coefficient (Wildman–Crippen LogP) is 3.44. The van der Waals surface area contributed by atoms with Crippen molar-refractivity contribution in [2.45, 2.75) is 13.5 Å². The second-order valence-corrected chi connectivity index (χ2v) is 5.13. The second kappa shape index (κ2) is 6.58.